The van der Waals surface area contributed by atoms with E-state index in [0.29, 0.717) is 15.6 Å². The number of likely N-dealkylation sites (N-methyl/N-ethyl adjacent to an activating group) is 1. The summed E-state index contributed by atoms with van der Waals surface area (Å²) in [5.41, 5.74) is 4.83. The van der Waals surface area contributed by atoms with Crippen molar-refractivity contribution in [2.75, 3.05) is 27.2 Å². The van der Waals surface area contributed by atoms with Crippen molar-refractivity contribution in [1.29, 1.82) is 0 Å². The first-order valence-corrected chi connectivity index (χ1v) is 9.23. The minimum atomic E-state index is -0.0688. The monoisotopic (exact) mass is 390 g/mol. The molecule has 4 rings (SSSR count). The summed E-state index contributed by atoms with van der Waals surface area (Å²) in [5, 5.41) is 11.2. The molecule has 136 valence electrons. The Morgan fingerprint density at radius 1 is 1.08 bits per heavy atom. The highest BCUT2D eigenvalue weighted by Gasteiger charge is 2.21. The Morgan fingerprint density at radius 2 is 1.81 bits per heavy atom. The van der Waals surface area contributed by atoms with Crippen LogP contribution in [0.2, 0.25) is 10.0 Å². The van der Waals surface area contributed by atoms with E-state index in [1.54, 1.807) is 16.7 Å². The van der Waals surface area contributed by atoms with E-state index >= 15 is 0 Å². The summed E-state index contributed by atoms with van der Waals surface area (Å²) in [4.78, 5) is 8.83. The Labute approximate surface area is 162 Å². The van der Waals surface area contributed by atoms with Gasteiger partial charge in [0, 0.05) is 26.2 Å². The number of imidazole rings is 1. The summed E-state index contributed by atoms with van der Waals surface area (Å²) in [5.74, 6) is 0. The number of fused-ring (bicyclic) bond motifs is 2. The zero-order valence-corrected chi connectivity index (χ0v) is 16.2. The van der Waals surface area contributed by atoms with E-state index in [9.17, 15) is 5.11 Å². The van der Waals surface area contributed by atoms with Crippen LogP contribution in [-0.4, -0.2) is 51.6 Å². The molecule has 0 atom stereocenters. The average Bonchev–Trinajstić information content (AvgIpc) is 3.12. The van der Waals surface area contributed by atoms with E-state index in [-0.39, 0.29) is 6.01 Å². The van der Waals surface area contributed by atoms with Crippen LogP contribution >= 0.6 is 23.2 Å². The van der Waals surface area contributed by atoms with Crippen LogP contribution in [0.5, 0.6) is 6.01 Å². The molecule has 0 fully saturated rings. The Morgan fingerprint density at radius 3 is 2.58 bits per heavy atom. The Balaban J connectivity index is 1.69. The van der Waals surface area contributed by atoms with E-state index < -0.39 is 0 Å². The summed E-state index contributed by atoms with van der Waals surface area (Å²) >= 11 is 12.2. The fourth-order valence-electron chi connectivity index (χ4n) is 3.40. The zero-order valence-electron chi connectivity index (χ0n) is 14.7. The van der Waals surface area contributed by atoms with Crippen LogP contribution in [0.15, 0.2) is 30.3 Å². The van der Waals surface area contributed by atoms with Crippen molar-refractivity contribution in [1.82, 2.24) is 19.4 Å². The van der Waals surface area contributed by atoms with Crippen LogP contribution in [-0.2, 0) is 13.1 Å². The van der Waals surface area contributed by atoms with Crippen molar-refractivity contribution in [3.63, 3.8) is 0 Å². The first-order chi connectivity index (χ1) is 12.4. The smallest absolute Gasteiger partial charge is 0.299 e. The van der Waals surface area contributed by atoms with Gasteiger partial charge in [-0.1, -0.05) is 29.3 Å². The third-order valence-electron chi connectivity index (χ3n) is 4.78. The van der Waals surface area contributed by atoms with Gasteiger partial charge >= 0.3 is 0 Å². The fourth-order valence-corrected chi connectivity index (χ4v) is 3.72. The van der Waals surface area contributed by atoms with Gasteiger partial charge in [-0.05, 0) is 49.5 Å². The molecule has 26 heavy (non-hydrogen) atoms. The molecule has 3 aromatic rings. The lowest BCUT2D eigenvalue weighted by Crippen LogP contribution is -2.27. The summed E-state index contributed by atoms with van der Waals surface area (Å²) in [7, 11) is 4.18. The minimum absolute atomic E-state index is 0.0688. The first-order valence-electron chi connectivity index (χ1n) is 8.48. The van der Waals surface area contributed by atoms with Gasteiger partial charge in [0.25, 0.3) is 6.01 Å². The van der Waals surface area contributed by atoms with Crippen molar-refractivity contribution in [3.05, 3.63) is 51.5 Å². The van der Waals surface area contributed by atoms with Crippen molar-refractivity contribution in [3.8, 4) is 11.7 Å². The van der Waals surface area contributed by atoms with Gasteiger partial charge < -0.3 is 10.0 Å². The number of hydrogen-bond donors (Lipinski definition) is 1. The largest absolute Gasteiger partial charge is 0.480 e. The van der Waals surface area contributed by atoms with Gasteiger partial charge in [-0.25, -0.2) is 0 Å². The second-order valence-electron chi connectivity index (χ2n) is 6.97. The third kappa shape index (κ3) is 3.16. The SMILES string of the molecule is CN(C)CCN1Cc2ccc(-n3c(O)nc4cc(Cl)c(Cl)cc43)cc2C1. The third-order valence-corrected chi connectivity index (χ3v) is 5.50. The highest BCUT2D eigenvalue weighted by Crippen LogP contribution is 2.33. The lowest BCUT2D eigenvalue weighted by molar-refractivity contribution is 0.246. The van der Waals surface area contributed by atoms with E-state index in [0.717, 1.165) is 37.4 Å². The maximum absolute atomic E-state index is 10.4. The number of halogens is 2. The molecule has 0 unspecified atom stereocenters. The topological polar surface area (TPSA) is 44.5 Å². The molecule has 1 aliphatic rings. The predicted octanol–water partition coefficient (Wildman–Crippen LogP) is 3.92. The molecule has 0 spiro atoms. The van der Waals surface area contributed by atoms with E-state index in [1.165, 1.54) is 11.1 Å². The number of aromatic hydroxyl groups is 1. The summed E-state index contributed by atoms with van der Waals surface area (Å²) < 4.78 is 1.71. The molecule has 2 heterocycles. The van der Waals surface area contributed by atoms with E-state index in [4.69, 9.17) is 23.2 Å². The molecular formula is C19H20Cl2N4O. The first kappa shape index (κ1) is 17.6. The van der Waals surface area contributed by atoms with Gasteiger partial charge in [-0.3, -0.25) is 9.47 Å². The molecule has 1 N–H and O–H groups in total. The normalized spacial score (nSPS) is 14.5. The number of aromatic nitrogens is 2. The lowest BCUT2D eigenvalue weighted by atomic mass is 10.1. The Hall–Kier alpha value is -1.79. The minimum Gasteiger partial charge on any atom is -0.480 e. The van der Waals surface area contributed by atoms with Gasteiger partial charge in [0.05, 0.1) is 26.8 Å². The van der Waals surface area contributed by atoms with Crippen LogP contribution in [0, 0.1) is 0 Å². The summed E-state index contributed by atoms with van der Waals surface area (Å²) in [6.45, 7) is 3.94. The molecule has 2 aromatic carbocycles. The quantitative estimate of drug-likeness (QED) is 0.733. The van der Waals surface area contributed by atoms with Crippen LogP contribution in [0.3, 0.4) is 0 Å². The van der Waals surface area contributed by atoms with Crippen molar-refractivity contribution >= 4 is 34.2 Å². The average molecular weight is 391 g/mol. The molecule has 0 bridgehead atoms. The summed E-state index contributed by atoms with van der Waals surface area (Å²) in [6.07, 6.45) is 0. The lowest BCUT2D eigenvalue weighted by Gasteiger charge is -2.17. The van der Waals surface area contributed by atoms with Gasteiger partial charge in [0.2, 0.25) is 0 Å². The standard InChI is InChI=1S/C19H20Cl2N4O/c1-23(2)5-6-24-10-12-3-4-14(7-13(12)11-24)25-18-9-16(21)15(20)8-17(18)22-19(25)26/h3-4,7-9H,5-6,10-11H2,1-2H3,(H,22,26). The van der Waals surface area contributed by atoms with Crippen molar-refractivity contribution < 1.29 is 5.11 Å². The van der Waals surface area contributed by atoms with Crippen molar-refractivity contribution in [2.24, 2.45) is 0 Å². The number of nitrogens with zero attached hydrogens (tertiary/aromatic N) is 4. The molecule has 0 aliphatic carbocycles. The second-order valence-corrected chi connectivity index (χ2v) is 7.78. The van der Waals surface area contributed by atoms with Crippen LogP contribution in [0.25, 0.3) is 16.7 Å². The van der Waals surface area contributed by atoms with Gasteiger partial charge in [0.15, 0.2) is 0 Å². The molecule has 1 aliphatic heterocycles. The van der Waals surface area contributed by atoms with Crippen LogP contribution in [0.4, 0.5) is 0 Å². The highest BCUT2D eigenvalue weighted by molar-refractivity contribution is 6.42. The number of benzene rings is 2. The number of hydrogen-bond acceptors (Lipinski definition) is 4. The highest BCUT2D eigenvalue weighted by atomic mass is 35.5. The van der Waals surface area contributed by atoms with Crippen LogP contribution in [0.1, 0.15) is 11.1 Å². The predicted molar refractivity (Wildman–Crippen MR) is 105 cm³/mol. The van der Waals surface area contributed by atoms with E-state index in [1.807, 2.05) is 6.07 Å². The Kier molecular flexibility index (Phi) is 4.57. The summed E-state index contributed by atoms with van der Waals surface area (Å²) in [6, 6.07) is 9.60. The second kappa shape index (κ2) is 6.74. The van der Waals surface area contributed by atoms with Gasteiger partial charge in [-0.15, -0.1) is 0 Å². The molecule has 0 saturated carbocycles. The fraction of sp³-hybridized carbons (Fsp3) is 0.316. The van der Waals surface area contributed by atoms with E-state index in [2.05, 4.69) is 41.0 Å². The molecule has 0 amide bonds. The molecule has 0 saturated heterocycles. The Bertz CT molecular complexity index is 983. The van der Waals surface area contributed by atoms with Gasteiger partial charge in [0.1, 0.15) is 0 Å². The maximum atomic E-state index is 10.4. The van der Waals surface area contributed by atoms with Crippen LogP contribution < -0.4 is 0 Å². The number of rotatable bonds is 4. The molecule has 0 radical (unpaired) electrons. The molecule has 5 nitrogen and oxygen atoms in total. The van der Waals surface area contributed by atoms with Crippen molar-refractivity contribution in [2.45, 2.75) is 13.1 Å². The maximum Gasteiger partial charge on any atom is 0.299 e. The molecular weight excluding hydrogens is 371 g/mol. The molecule has 1 aromatic heterocycles. The molecule has 7 heteroatoms. The van der Waals surface area contributed by atoms with Gasteiger partial charge in [-0.2, -0.15) is 4.98 Å². The zero-order chi connectivity index (χ0) is 18.4.